The van der Waals surface area contributed by atoms with Crippen molar-refractivity contribution in [3.8, 4) is 0 Å². The quantitative estimate of drug-likeness (QED) is 0.797. The van der Waals surface area contributed by atoms with E-state index in [2.05, 4.69) is 25.7 Å². The summed E-state index contributed by atoms with van der Waals surface area (Å²) in [5, 5.41) is 10.4. The van der Waals surface area contributed by atoms with E-state index in [-0.39, 0.29) is 6.10 Å². The Kier molecular flexibility index (Phi) is 4.48. The van der Waals surface area contributed by atoms with E-state index in [1.54, 1.807) is 0 Å². The van der Waals surface area contributed by atoms with Crippen LogP contribution in [0, 0.1) is 11.8 Å². The lowest BCUT2D eigenvalue weighted by molar-refractivity contribution is -0.0286. The van der Waals surface area contributed by atoms with Crippen LogP contribution in [0.3, 0.4) is 0 Å². The molecule has 2 aliphatic rings. The van der Waals surface area contributed by atoms with Crippen LogP contribution in [0.15, 0.2) is 0 Å². The normalized spacial score (nSPS) is 38.6. The van der Waals surface area contributed by atoms with E-state index < -0.39 is 0 Å². The zero-order chi connectivity index (χ0) is 12.4. The van der Waals surface area contributed by atoms with Crippen LogP contribution in [0.1, 0.15) is 59.3 Å². The van der Waals surface area contributed by atoms with Gasteiger partial charge in [-0.15, -0.1) is 0 Å². The molecular weight excluding hydrogens is 210 g/mol. The van der Waals surface area contributed by atoms with Gasteiger partial charge in [0.15, 0.2) is 0 Å². The molecule has 100 valence electrons. The lowest BCUT2D eigenvalue weighted by atomic mass is 9.77. The molecule has 0 amide bonds. The first-order valence-corrected chi connectivity index (χ1v) is 7.57. The molecule has 2 fully saturated rings. The molecule has 0 radical (unpaired) electrons. The first-order chi connectivity index (χ1) is 8.13. The van der Waals surface area contributed by atoms with Crippen molar-refractivity contribution in [1.82, 2.24) is 4.90 Å². The molecule has 1 N–H and O–H groups in total. The Morgan fingerprint density at radius 2 is 1.88 bits per heavy atom. The lowest BCUT2D eigenvalue weighted by Gasteiger charge is -2.44. The van der Waals surface area contributed by atoms with E-state index in [9.17, 15) is 5.11 Å². The van der Waals surface area contributed by atoms with E-state index in [4.69, 9.17) is 0 Å². The summed E-state index contributed by atoms with van der Waals surface area (Å²) >= 11 is 0. The third-order valence-corrected chi connectivity index (χ3v) is 4.56. The molecule has 17 heavy (non-hydrogen) atoms. The van der Waals surface area contributed by atoms with Gasteiger partial charge in [0.1, 0.15) is 0 Å². The number of hydrogen-bond acceptors (Lipinski definition) is 2. The minimum Gasteiger partial charge on any atom is -0.391 e. The predicted molar refractivity (Wildman–Crippen MR) is 72.0 cm³/mol. The molecule has 0 saturated heterocycles. The van der Waals surface area contributed by atoms with Crippen LogP contribution < -0.4 is 0 Å². The summed E-state index contributed by atoms with van der Waals surface area (Å²) in [5.74, 6) is 1.36. The molecule has 0 aliphatic heterocycles. The molecular formula is C15H29NO. The fourth-order valence-corrected chi connectivity index (χ4v) is 3.67. The smallest absolute Gasteiger partial charge is 0.0700 e. The Bertz CT molecular complexity index is 227. The van der Waals surface area contributed by atoms with Crippen LogP contribution in [0.25, 0.3) is 0 Å². The minimum absolute atomic E-state index is 0.0915. The van der Waals surface area contributed by atoms with Gasteiger partial charge in [0, 0.05) is 12.1 Å². The van der Waals surface area contributed by atoms with Crippen LogP contribution >= 0.6 is 0 Å². The highest BCUT2D eigenvalue weighted by Crippen LogP contribution is 2.38. The monoisotopic (exact) mass is 239 g/mol. The molecule has 0 spiro atoms. The van der Waals surface area contributed by atoms with Crippen molar-refractivity contribution in [3.63, 3.8) is 0 Å². The van der Waals surface area contributed by atoms with E-state index in [1.165, 1.54) is 38.6 Å². The van der Waals surface area contributed by atoms with E-state index >= 15 is 0 Å². The fourth-order valence-electron chi connectivity index (χ4n) is 3.67. The molecule has 2 nitrogen and oxygen atoms in total. The summed E-state index contributed by atoms with van der Waals surface area (Å²) in [4.78, 5) is 2.64. The fraction of sp³-hybridized carbons (Fsp3) is 1.00. The van der Waals surface area contributed by atoms with Gasteiger partial charge in [0.05, 0.1) is 6.10 Å². The summed E-state index contributed by atoms with van der Waals surface area (Å²) in [6, 6.07) is 1.22. The third kappa shape index (κ3) is 3.23. The van der Waals surface area contributed by atoms with Crippen molar-refractivity contribution in [2.45, 2.75) is 77.5 Å². The second-order valence-corrected chi connectivity index (χ2v) is 6.43. The topological polar surface area (TPSA) is 23.5 Å². The number of unbranched alkanes of at least 4 members (excludes halogenated alkanes) is 1. The molecule has 0 aromatic heterocycles. The minimum atomic E-state index is -0.0915. The average molecular weight is 239 g/mol. The van der Waals surface area contributed by atoms with Gasteiger partial charge in [-0.1, -0.05) is 27.2 Å². The highest BCUT2D eigenvalue weighted by atomic mass is 16.3. The highest BCUT2D eigenvalue weighted by Gasteiger charge is 2.42. The van der Waals surface area contributed by atoms with Gasteiger partial charge in [-0.3, -0.25) is 4.90 Å². The van der Waals surface area contributed by atoms with Gasteiger partial charge in [0.2, 0.25) is 0 Å². The molecule has 0 bridgehead atoms. The highest BCUT2D eigenvalue weighted by molar-refractivity contribution is 4.96. The van der Waals surface area contributed by atoms with E-state index in [0.29, 0.717) is 17.9 Å². The van der Waals surface area contributed by atoms with E-state index in [0.717, 1.165) is 12.5 Å². The third-order valence-electron chi connectivity index (χ3n) is 4.56. The molecule has 2 rings (SSSR count). The Morgan fingerprint density at radius 1 is 1.18 bits per heavy atom. The number of hydrogen-bond donors (Lipinski definition) is 1. The summed E-state index contributed by atoms with van der Waals surface area (Å²) in [6.07, 6.45) is 7.45. The molecule has 2 aliphatic carbocycles. The van der Waals surface area contributed by atoms with Gasteiger partial charge in [-0.2, -0.15) is 0 Å². The van der Waals surface area contributed by atoms with Crippen LogP contribution in [0.4, 0.5) is 0 Å². The molecule has 4 unspecified atom stereocenters. The number of aliphatic hydroxyl groups excluding tert-OH is 1. The second-order valence-electron chi connectivity index (χ2n) is 6.43. The lowest BCUT2D eigenvalue weighted by Crippen LogP contribution is -2.52. The Balaban J connectivity index is 2.00. The van der Waals surface area contributed by atoms with Crippen LogP contribution in [-0.2, 0) is 0 Å². The maximum Gasteiger partial charge on any atom is 0.0700 e. The second kappa shape index (κ2) is 5.71. The molecule has 4 atom stereocenters. The Morgan fingerprint density at radius 3 is 2.41 bits per heavy atom. The summed E-state index contributed by atoms with van der Waals surface area (Å²) in [7, 11) is 0. The van der Waals surface area contributed by atoms with Gasteiger partial charge in [-0.25, -0.2) is 0 Å². The largest absolute Gasteiger partial charge is 0.391 e. The predicted octanol–water partition coefficient (Wildman–Crippen LogP) is 3.05. The van der Waals surface area contributed by atoms with Crippen molar-refractivity contribution in [2.75, 3.05) is 6.54 Å². The standard InChI is InChI=1S/C15H29NO/c1-4-5-8-16(13-6-7-13)15-12(3)9-11(2)10-14(15)17/h11-15,17H,4-10H2,1-3H3. The maximum absolute atomic E-state index is 10.4. The average Bonchev–Trinajstić information content (AvgIpc) is 3.05. The van der Waals surface area contributed by atoms with Crippen molar-refractivity contribution in [2.24, 2.45) is 11.8 Å². The Hall–Kier alpha value is -0.0800. The molecule has 0 aromatic rings. The summed E-state index contributed by atoms with van der Waals surface area (Å²) in [6.45, 7) is 8.07. The van der Waals surface area contributed by atoms with Gasteiger partial charge >= 0.3 is 0 Å². The molecule has 0 aromatic carbocycles. The van der Waals surface area contributed by atoms with Crippen molar-refractivity contribution < 1.29 is 5.11 Å². The Labute approximate surface area is 106 Å². The maximum atomic E-state index is 10.4. The van der Waals surface area contributed by atoms with Gasteiger partial charge in [0.25, 0.3) is 0 Å². The molecule has 0 heterocycles. The SMILES string of the molecule is CCCCN(C1CC1)C1C(C)CC(C)CC1O. The number of aliphatic hydroxyl groups is 1. The van der Waals surface area contributed by atoms with Crippen molar-refractivity contribution in [3.05, 3.63) is 0 Å². The van der Waals surface area contributed by atoms with Crippen molar-refractivity contribution in [1.29, 1.82) is 0 Å². The number of rotatable bonds is 5. The molecule has 2 saturated carbocycles. The van der Waals surface area contributed by atoms with Crippen LogP contribution in [-0.4, -0.2) is 34.7 Å². The summed E-state index contributed by atoms with van der Waals surface area (Å²) < 4.78 is 0. The first kappa shape index (κ1) is 13.4. The van der Waals surface area contributed by atoms with E-state index in [1.807, 2.05) is 0 Å². The first-order valence-electron chi connectivity index (χ1n) is 7.57. The van der Waals surface area contributed by atoms with Gasteiger partial charge in [-0.05, 0) is 50.5 Å². The summed E-state index contributed by atoms with van der Waals surface area (Å²) in [5.41, 5.74) is 0. The van der Waals surface area contributed by atoms with Gasteiger partial charge < -0.3 is 5.11 Å². The van der Waals surface area contributed by atoms with Crippen LogP contribution in [0.2, 0.25) is 0 Å². The zero-order valence-corrected chi connectivity index (χ0v) is 11.7. The number of nitrogens with zero attached hydrogens (tertiary/aromatic N) is 1. The van der Waals surface area contributed by atoms with Crippen LogP contribution in [0.5, 0.6) is 0 Å². The molecule has 2 heteroatoms. The van der Waals surface area contributed by atoms with Crippen molar-refractivity contribution >= 4 is 0 Å². The zero-order valence-electron chi connectivity index (χ0n) is 11.7.